The van der Waals surface area contributed by atoms with E-state index in [1.165, 1.54) is 5.01 Å². The molecular formula is C19H31BN6O4. The van der Waals surface area contributed by atoms with E-state index in [9.17, 15) is 9.90 Å². The summed E-state index contributed by atoms with van der Waals surface area (Å²) >= 11 is 0. The average molecular weight is 418 g/mol. The molecule has 1 heterocycles. The van der Waals surface area contributed by atoms with Gasteiger partial charge in [0.1, 0.15) is 0 Å². The Morgan fingerprint density at radius 2 is 2.07 bits per heavy atom. The van der Waals surface area contributed by atoms with Crippen molar-refractivity contribution in [3.8, 4) is 11.5 Å². The van der Waals surface area contributed by atoms with E-state index in [1.807, 2.05) is 6.07 Å². The zero-order valence-electron chi connectivity index (χ0n) is 18.2. The highest BCUT2D eigenvalue weighted by Gasteiger charge is 2.37. The maximum Gasteiger partial charge on any atom is 0.458 e. The van der Waals surface area contributed by atoms with E-state index in [0.29, 0.717) is 24.0 Å². The number of nitrogens with one attached hydrogen (secondary N) is 1. The number of ether oxygens (including phenoxy) is 2. The van der Waals surface area contributed by atoms with E-state index in [0.717, 1.165) is 12.0 Å². The molecule has 0 amide bonds. The van der Waals surface area contributed by atoms with E-state index in [1.54, 1.807) is 44.3 Å². The Kier molecular flexibility index (Phi) is 8.49. The molecule has 1 aromatic rings. The Labute approximate surface area is 177 Å². The number of hydrazone groups is 1. The molecule has 0 saturated heterocycles. The van der Waals surface area contributed by atoms with Gasteiger partial charge in [-0.2, -0.15) is 5.10 Å². The Hall–Kier alpha value is -2.79. The van der Waals surface area contributed by atoms with E-state index >= 15 is 0 Å². The zero-order chi connectivity index (χ0) is 22.3. The molecule has 0 fully saturated rings. The number of carboxylic acid groups (broad SMARTS) is 1. The summed E-state index contributed by atoms with van der Waals surface area (Å²) in [4.78, 5) is 17.7. The first-order valence-electron chi connectivity index (χ1n) is 9.85. The Morgan fingerprint density at radius 1 is 1.37 bits per heavy atom. The van der Waals surface area contributed by atoms with Crippen LogP contribution >= 0.6 is 0 Å². The molecule has 0 saturated carbocycles. The Bertz CT molecular complexity index is 788. The molecule has 10 nitrogen and oxygen atoms in total. The van der Waals surface area contributed by atoms with Crippen LogP contribution in [0.1, 0.15) is 32.8 Å². The topological polar surface area (TPSA) is 125 Å². The van der Waals surface area contributed by atoms with Crippen LogP contribution in [0.4, 0.5) is 0 Å². The largest absolute Gasteiger partial charge is 0.493 e. The van der Waals surface area contributed by atoms with Gasteiger partial charge in [0.15, 0.2) is 11.5 Å². The summed E-state index contributed by atoms with van der Waals surface area (Å²) in [5.41, 5.74) is 6.88. The smallest absolute Gasteiger partial charge is 0.458 e. The first kappa shape index (κ1) is 23.5. The molecule has 1 aliphatic heterocycles. The third-order valence-electron chi connectivity index (χ3n) is 4.79. The molecule has 0 aliphatic carbocycles. The average Bonchev–Trinajstić information content (AvgIpc) is 2.71. The number of rotatable bonds is 10. The van der Waals surface area contributed by atoms with Crippen molar-refractivity contribution in [1.82, 2.24) is 15.0 Å². The summed E-state index contributed by atoms with van der Waals surface area (Å²) in [6.45, 7) is 6.76. The minimum Gasteiger partial charge on any atom is -0.493 e. The van der Waals surface area contributed by atoms with Crippen LogP contribution in [0, 0.1) is 5.92 Å². The summed E-state index contributed by atoms with van der Waals surface area (Å²) < 4.78 is 10.5. The van der Waals surface area contributed by atoms with Crippen molar-refractivity contribution in [2.75, 3.05) is 27.4 Å². The molecule has 0 aromatic heterocycles. The molecule has 164 valence electrons. The van der Waals surface area contributed by atoms with Crippen molar-refractivity contribution in [2.24, 2.45) is 21.7 Å². The highest BCUT2D eigenvalue weighted by atomic mass is 16.5. The fraction of sp³-hybridized carbons (Fsp3) is 0.526. The molecule has 1 aliphatic rings. The van der Waals surface area contributed by atoms with Gasteiger partial charge >= 0.3 is 13.1 Å². The molecule has 0 bridgehead atoms. The van der Waals surface area contributed by atoms with E-state index in [2.05, 4.69) is 29.1 Å². The number of nitrogens with two attached hydrogens (primary N) is 1. The standard InChI is InChI=1S/C19H31BN6O4/c1-13(2)8-9-22-20-24-19(21)26(12-25(20)14(3)18(27)28)23-11-15-6-7-16(29-4)17(10-15)30-5/h6-7,10-11,13-14,22H,8-9,12H2,1-5H3,(H2,21,24)(H,27,28)/t14-/m1/s1. The molecule has 30 heavy (non-hydrogen) atoms. The Morgan fingerprint density at radius 3 is 2.67 bits per heavy atom. The highest BCUT2D eigenvalue weighted by Crippen LogP contribution is 2.27. The molecule has 0 unspecified atom stereocenters. The second-order valence-electron chi connectivity index (χ2n) is 7.43. The number of carbonyl (C=O) groups is 1. The third-order valence-corrected chi connectivity index (χ3v) is 4.79. The normalized spacial score (nSPS) is 16.1. The van der Waals surface area contributed by atoms with Gasteiger partial charge in [-0.05, 0) is 49.6 Å². The van der Waals surface area contributed by atoms with Gasteiger partial charge in [-0.3, -0.25) is 14.5 Å². The van der Waals surface area contributed by atoms with Gasteiger partial charge in [0.05, 0.1) is 33.1 Å². The third kappa shape index (κ3) is 6.10. The number of hydrogen-bond donors (Lipinski definition) is 3. The van der Waals surface area contributed by atoms with Crippen molar-refractivity contribution < 1.29 is 19.4 Å². The van der Waals surface area contributed by atoms with Crippen molar-refractivity contribution in [3.05, 3.63) is 23.8 Å². The van der Waals surface area contributed by atoms with E-state index in [4.69, 9.17) is 15.2 Å². The van der Waals surface area contributed by atoms with Crippen LogP contribution in [-0.2, 0) is 4.79 Å². The molecule has 1 aromatic carbocycles. The van der Waals surface area contributed by atoms with Crippen molar-refractivity contribution >= 4 is 25.3 Å². The quantitative estimate of drug-likeness (QED) is 0.380. The van der Waals surface area contributed by atoms with Crippen molar-refractivity contribution in [2.45, 2.75) is 33.2 Å². The minimum atomic E-state index is -0.940. The van der Waals surface area contributed by atoms with Gasteiger partial charge in [-0.15, -0.1) is 0 Å². The molecular weight excluding hydrogens is 387 g/mol. The van der Waals surface area contributed by atoms with Crippen LogP contribution < -0.4 is 20.4 Å². The number of nitrogens with zero attached hydrogens (tertiary/aromatic N) is 4. The SMILES string of the molecule is COc1ccc(C=NN2CN([C@H](C)C(=O)O)B(NCCC(C)C)N=C2N)cc1OC. The lowest BCUT2D eigenvalue weighted by Crippen LogP contribution is -2.63. The number of aliphatic carboxylic acids is 1. The first-order valence-corrected chi connectivity index (χ1v) is 9.85. The first-order chi connectivity index (χ1) is 14.3. The van der Waals surface area contributed by atoms with Gasteiger partial charge in [-0.1, -0.05) is 13.8 Å². The van der Waals surface area contributed by atoms with Gasteiger partial charge in [0.25, 0.3) is 0 Å². The maximum atomic E-state index is 11.6. The molecule has 2 rings (SSSR count). The monoisotopic (exact) mass is 418 g/mol. The summed E-state index contributed by atoms with van der Waals surface area (Å²) in [6, 6.07) is 4.63. The van der Waals surface area contributed by atoms with Gasteiger partial charge in [0, 0.05) is 0 Å². The van der Waals surface area contributed by atoms with Gasteiger partial charge in [-0.25, -0.2) is 5.01 Å². The predicted molar refractivity (Wildman–Crippen MR) is 118 cm³/mol. The number of guanidine groups is 1. The van der Waals surface area contributed by atoms with Gasteiger partial charge < -0.3 is 25.5 Å². The number of benzene rings is 1. The highest BCUT2D eigenvalue weighted by molar-refractivity contribution is 6.53. The van der Waals surface area contributed by atoms with Gasteiger partial charge in [0.2, 0.25) is 5.96 Å². The summed E-state index contributed by atoms with van der Waals surface area (Å²) in [5, 5.41) is 18.6. The summed E-state index contributed by atoms with van der Waals surface area (Å²) in [5.74, 6) is 0.992. The van der Waals surface area contributed by atoms with Crippen molar-refractivity contribution in [3.63, 3.8) is 0 Å². The second-order valence-corrected chi connectivity index (χ2v) is 7.43. The van der Waals surface area contributed by atoms with Crippen LogP contribution in [0.25, 0.3) is 0 Å². The molecule has 1 atom stereocenters. The zero-order valence-corrected chi connectivity index (χ0v) is 18.2. The van der Waals surface area contributed by atoms with Crippen LogP contribution in [0.15, 0.2) is 28.2 Å². The number of methoxy groups -OCH3 is 2. The fourth-order valence-electron chi connectivity index (χ4n) is 2.88. The molecule has 0 spiro atoms. The Balaban J connectivity index is 2.20. The molecule has 0 radical (unpaired) electrons. The summed E-state index contributed by atoms with van der Waals surface area (Å²) in [7, 11) is 2.61. The number of carboxylic acids is 1. The lowest BCUT2D eigenvalue weighted by Gasteiger charge is -2.37. The minimum absolute atomic E-state index is 0.186. The number of hydrogen-bond acceptors (Lipinski definition) is 9. The van der Waals surface area contributed by atoms with Crippen LogP contribution in [0.5, 0.6) is 11.5 Å². The summed E-state index contributed by atoms with van der Waals surface area (Å²) in [6.07, 6.45) is 2.56. The lowest BCUT2D eigenvalue weighted by atomic mass is 9.88. The van der Waals surface area contributed by atoms with Crippen LogP contribution in [0.2, 0.25) is 0 Å². The van der Waals surface area contributed by atoms with Crippen LogP contribution in [0.3, 0.4) is 0 Å². The predicted octanol–water partition coefficient (Wildman–Crippen LogP) is 1.02. The fourth-order valence-corrected chi connectivity index (χ4v) is 2.88. The molecule has 11 heteroatoms. The molecule has 4 N–H and O–H groups in total. The van der Waals surface area contributed by atoms with E-state index < -0.39 is 19.1 Å². The van der Waals surface area contributed by atoms with E-state index in [-0.39, 0.29) is 12.6 Å². The van der Waals surface area contributed by atoms with Crippen molar-refractivity contribution in [1.29, 1.82) is 0 Å². The second kappa shape index (κ2) is 10.8. The van der Waals surface area contributed by atoms with Crippen LogP contribution in [-0.4, -0.2) is 73.7 Å². The maximum absolute atomic E-state index is 11.6. The lowest BCUT2D eigenvalue weighted by molar-refractivity contribution is -0.141.